The van der Waals surface area contributed by atoms with E-state index in [-0.39, 0.29) is 5.56 Å². The maximum absolute atomic E-state index is 13.2. The number of hydrogen-bond acceptors (Lipinski definition) is 5. The van der Waals surface area contributed by atoms with Crippen molar-refractivity contribution in [3.63, 3.8) is 0 Å². The van der Waals surface area contributed by atoms with Crippen molar-refractivity contribution in [3.8, 4) is 11.3 Å². The van der Waals surface area contributed by atoms with Crippen LogP contribution >= 0.6 is 11.3 Å². The van der Waals surface area contributed by atoms with Crippen molar-refractivity contribution in [3.05, 3.63) is 82.4 Å². The van der Waals surface area contributed by atoms with Crippen LogP contribution in [0.15, 0.2) is 71.1 Å². The largest absolute Gasteiger partial charge is 0.464 e. The van der Waals surface area contributed by atoms with Gasteiger partial charge in [-0.15, -0.1) is 11.3 Å². The van der Waals surface area contributed by atoms with E-state index in [1.165, 1.54) is 22.2 Å². The van der Waals surface area contributed by atoms with Crippen LogP contribution in [0.3, 0.4) is 0 Å². The highest BCUT2D eigenvalue weighted by atomic mass is 32.1. The van der Waals surface area contributed by atoms with E-state index < -0.39 is 6.09 Å². The van der Waals surface area contributed by atoms with E-state index in [4.69, 9.17) is 0 Å². The molecule has 4 heterocycles. The van der Waals surface area contributed by atoms with Crippen molar-refractivity contribution in [2.75, 3.05) is 0 Å². The molecule has 148 valence electrons. The van der Waals surface area contributed by atoms with Crippen LogP contribution in [0.2, 0.25) is 0 Å². The Bertz CT molecular complexity index is 1460. The van der Waals surface area contributed by atoms with Gasteiger partial charge >= 0.3 is 6.09 Å². The highest BCUT2D eigenvalue weighted by Gasteiger charge is 2.17. The summed E-state index contributed by atoms with van der Waals surface area (Å²) in [4.78, 5) is 29.3. The molecular formula is C22H16N4O3S. The lowest BCUT2D eigenvalue weighted by Gasteiger charge is -2.07. The number of nitrogens with zero attached hydrogens (tertiary/aromatic N) is 4. The van der Waals surface area contributed by atoms with Crippen LogP contribution in [0.5, 0.6) is 0 Å². The Kier molecular flexibility index (Phi) is 4.40. The van der Waals surface area contributed by atoms with Crippen molar-refractivity contribution >= 4 is 38.4 Å². The van der Waals surface area contributed by atoms with E-state index in [1.54, 1.807) is 23.7 Å². The van der Waals surface area contributed by atoms with E-state index in [0.717, 1.165) is 25.9 Å². The lowest BCUT2D eigenvalue weighted by atomic mass is 10.1. The molecule has 0 amide bonds. The van der Waals surface area contributed by atoms with Gasteiger partial charge in [0.05, 0.1) is 34.0 Å². The smallest absolute Gasteiger partial charge is 0.415 e. The van der Waals surface area contributed by atoms with Gasteiger partial charge in [-0.2, -0.15) is 5.10 Å². The first-order valence-electron chi connectivity index (χ1n) is 9.35. The van der Waals surface area contributed by atoms with Gasteiger partial charge in [0, 0.05) is 34.6 Å². The molecule has 0 bridgehead atoms. The molecule has 5 aromatic rings. The lowest BCUT2D eigenvalue weighted by Crippen LogP contribution is -2.24. The number of hydrogen-bond donors (Lipinski definition) is 1. The monoisotopic (exact) mass is 416 g/mol. The van der Waals surface area contributed by atoms with Crippen molar-refractivity contribution < 1.29 is 9.90 Å². The van der Waals surface area contributed by atoms with Crippen molar-refractivity contribution in [1.29, 1.82) is 0 Å². The number of pyridine rings is 1. The first-order chi connectivity index (χ1) is 14.6. The number of fused-ring (bicyclic) bond motifs is 2. The zero-order chi connectivity index (χ0) is 20.7. The summed E-state index contributed by atoms with van der Waals surface area (Å²) in [6.45, 7) is 0.384. The third-order valence-electron chi connectivity index (χ3n) is 5.05. The van der Waals surface area contributed by atoms with Crippen molar-refractivity contribution in [1.82, 2.24) is 19.3 Å². The molecule has 8 heteroatoms. The molecule has 0 aliphatic carbocycles. The molecule has 4 aromatic heterocycles. The van der Waals surface area contributed by atoms with Gasteiger partial charge in [-0.05, 0) is 24.3 Å². The number of carboxylic acid groups (broad SMARTS) is 1. The fraction of sp³-hybridized carbons (Fsp3) is 0.0909. The van der Waals surface area contributed by atoms with Gasteiger partial charge in [0.15, 0.2) is 0 Å². The van der Waals surface area contributed by atoms with Crippen LogP contribution in [0.25, 0.3) is 32.2 Å². The molecule has 7 nitrogen and oxygen atoms in total. The number of aromatic nitrogens is 4. The number of para-hydroxylation sites is 1. The summed E-state index contributed by atoms with van der Waals surface area (Å²) in [5.74, 6) is 0. The topological polar surface area (TPSA) is 90.0 Å². The fourth-order valence-corrected chi connectivity index (χ4v) is 4.48. The Morgan fingerprint density at radius 3 is 2.83 bits per heavy atom. The predicted molar refractivity (Wildman–Crippen MR) is 116 cm³/mol. The van der Waals surface area contributed by atoms with E-state index in [1.807, 2.05) is 36.4 Å². The van der Waals surface area contributed by atoms with Crippen LogP contribution in [-0.4, -0.2) is 30.5 Å². The summed E-state index contributed by atoms with van der Waals surface area (Å²) in [6, 6.07) is 15.2. The van der Waals surface area contributed by atoms with Crippen LogP contribution in [0.1, 0.15) is 5.69 Å². The maximum atomic E-state index is 13.2. The van der Waals surface area contributed by atoms with Gasteiger partial charge in [0.2, 0.25) is 0 Å². The molecule has 0 aliphatic heterocycles. The normalized spacial score (nSPS) is 11.3. The van der Waals surface area contributed by atoms with Gasteiger partial charge in [0.1, 0.15) is 0 Å². The van der Waals surface area contributed by atoms with Crippen molar-refractivity contribution in [2.45, 2.75) is 13.0 Å². The number of aryl methyl sites for hydroxylation is 2. The summed E-state index contributed by atoms with van der Waals surface area (Å²) in [7, 11) is 0. The van der Waals surface area contributed by atoms with Crippen LogP contribution in [0, 0.1) is 0 Å². The van der Waals surface area contributed by atoms with E-state index in [9.17, 15) is 14.7 Å². The number of rotatable bonds is 4. The molecule has 0 unspecified atom stereocenters. The Balaban J connectivity index is 1.51. The predicted octanol–water partition coefficient (Wildman–Crippen LogP) is 4.24. The first kappa shape index (κ1) is 18.3. The zero-order valence-corrected chi connectivity index (χ0v) is 16.5. The standard InChI is InChI=1S/C22H16N4O3S/c27-21-20-16(18-6-3-10-25(18)22(28)29)13-30-19(20)12-23-26(21)11-9-15-8-7-14-4-1-2-5-17(14)24-15/h1-8,10,12-13H,9,11H2,(H,28,29). The average Bonchev–Trinajstić information content (AvgIpc) is 3.40. The molecule has 0 fully saturated rings. The van der Waals surface area contributed by atoms with Gasteiger partial charge in [-0.1, -0.05) is 24.3 Å². The molecule has 1 N–H and O–H groups in total. The number of carbonyl (C=O) groups is 1. The highest BCUT2D eigenvalue weighted by molar-refractivity contribution is 7.17. The second-order valence-electron chi connectivity index (χ2n) is 6.85. The zero-order valence-electron chi connectivity index (χ0n) is 15.7. The van der Waals surface area contributed by atoms with Gasteiger partial charge in [-0.3, -0.25) is 14.3 Å². The molecule has 0 atom stereocenters. The molecule has 0 saturated carbocycles. The summed E-state index contributed by atoms with van der Waals surface area (Å²) in [5.41, 5.74) is 2.64. The quantitative estimate of drug-likeness (QED) is 0.473. The van der Waals surface area contributed by atoms with Gasteiger partial charge < -0.3 is 5.11 Å². The summed E-state index contributed by atoms with van der Waals surface area (Å²) >= 11 is 1.38. The minimum absolute atomic E-state index is 0.234. The minimum Gasteiger partial charge on any atom is -0.464 e. The second-order valence-corrected chi connectivity index (χ2v) is 7.76. The van der Waals surface area contributed by atoms with Crippen LogP contribution < -0.4 is 5.56 Å². The maximum Gasteiger partial charge on any atom is 0.415 e. The molecule has 0 radical (unpaired) electrons. The van der Waals surface area contributed by atoms with Crippen LogP contribution in [-0.2, 0) is 13.0 Å². The molecule has 5 rings (SSSR count). The molecule has 30 heavy (non-hydrogen) atoms. The molecule has 0 aliphatic rings. The van der Waals surface area contributed by atoms with Crippen LogP contribution in [0.4, 0.5) is 4.79 Å². The van der Waals surface area contributed by atoms with E-state index >= 15 is 0 Å². The summed E-state index contributed by atoms with van der Waals surface area (Å²) in [6.07, 6.45) is 2.60. The first-order valence-corrected chi connectivity index (χ1v) is 10.2. The van der Waals surface area contributed by atoms with E-state index in [2.05, 4.69) is 10.1 Å². The molecular weight excluding hydrogens is 400 g/mol. The Morgan fingerprint density at radius 2 is 1.97 bits per heavy atom. The Hall–Kier alpha value is -3.78. The molecule has 0 saturated heterocycles. The third-order valence-corrected chi connectivity index (χ3v) is 5.97. The van der Waals surface area contributed by atoms with Gasteiger partial charge in [0.25, 0.3) is 5.56 Å². The van der Waals surface area contributed by atoms with E-state index in [0.29, 0.717) is 29.6 Å². The fourth-order valence-electron chi connectivity index (χ4n) is 3.58. The Labute approximate surface area is 174 Å². The summed E-state index contributed by atoms with van der Waals surface area (Å²) in [5, 5.41) is 17.1. The van der Waals surface area contributed by atoms with Crippen molar-refractivity contribution in [2.24, 2.45) is 0 Å². The SMILES string of the molecule is O=C(O)n1cccc1-c1csc2cnn(CCc3ccc4ccccc4n3)c(=O)c12. The van der Waals surface area contributed by atoms with Gasteiger partial charge in [-0.25, -0.2) is 9.48 Å². The Morgan fingerprint density at radius 1 is 1.10 bits per heavy atom. The molecule has 1 aromatic carbocycles. The number of benzene rings is 1. The molecule has 0 spiro atoms. The summed E-state index contributed by atoms with van der Waals surface area (Å²) < 4.78 is 3.27. The second kappa shape index (κ2) is 7.23. The third kappa shape index (κ3) is 3.07. The minimum atomic E-state index is -1.09. The highest BCUT2D eigenvalue weighted by Crippen LogP contribution is 2.31. The lowest BCUT2D eigenvalue weighted by molar-refractivity contribution is 0.197. The average molecular weight is 416 g/mol. The number of thiophene rings is 1.